The molecule has 32 heavy (non-hydrogen) atoms. The SMILES string of the molecule is CCCCCCC(=O)NC1CCN(CCCOc2cccc3c2C(=O)C(=C(C)C)O3)CC1. The Morgan fingerprint density at radius 2 is 1.94 bits per heavy atom. The van der Waals surface area contributed by atoms with E-state index in [1.807, 2.05) is 32.0 Å². The summed E-state index contributed by atoms with van der Waals surface area (Å²) in [5.74, 6) is 1.71. The maximum Gasteiger partial charge on any atom is 0.235 e. The number of hydrogen-bond acceptors (Lipinski definition) is 5. The average Bonchev–Trinajstić information content (AvgIpc) is 3.13. The summed E-state index contributed by atoms with van der Waals surface area (Å²) in [5.41, 5.74) is 1.41. The number of carbonyl (C=O) groups excluding carboxylic acids is 2. The number of unbranched alkanes of at least 4 members (excludes halogenated alkanes) is 3. The molecule has 1 amide bonds. The van der Waals surface area contributed by atoms with Gasteiger partial charge in [0, 0.05) is 32.1 Å². The minimum atomic E-state index is -0.0925. The first kappa shape index (κ1) is 24.3. The second kappa shape index (κ2) is 12.0. The predicted octanol–water partition coefficient (Wildman–Crippen LogP) is 4.88. The van der Waals surface area contributed by atoms with Crippen LogP contribution in [0.4, 0.5) is 0 Å². The normalized spacial score (nSPS) is 16.6. The fourth-order valence-corrected chi connectivity index (χ4v) is 4.32. The molecule has 1 fully saturated rings. The molecule has 2 aliphatic heterocycles. The minimum absolute atomic E-state index is 0.0925. The van der Waals surface area contributed by atoms with E-state index in [0.29, 0.717) is 41.9 Å². The number of hydrogen-bond donors (Lipinski definition) is 1. The minimum Gasteiger partial charge on any atom is -0.493 e. The summed E-state index contributed by atoms with van der Waals surface area (Å²) in [6.07, 6.45) is 8.11. The topological polar surface area (TPSA) is 67.9 Å². The number of ketones is 1. The van der Waals surface area contributed by atoms with E-state index in [4.69, 9.17) is 9.47 Å². The van der Waals surface area contributed by atoms with Crippen LogP contribution in [0.2, 0.25) is 0 Å². The fourth-order valence-electron chi connectivity index (χ4n) is 4.32. The molecule has 0 unspecified atom stereocenters. The van der Waals surface area contributed by atoms with Crippen molar-refractivity contribution >= 4 is 11.7 Å². The molecular weight excluding hydrogens is 404 g/mol. The molecule has 1 aromatic carbocycles. The van der Waals surface area contributed by atoms with Gasteiger partial charge < -0.3 is 19.7 Å². The third-order valence-electron chi connectivity index (χ3n) is 6.17. The predicted molar refractivity (Wildman–Crippen MR) is 126 cm³/mol. The van der Waals surface area contributed by atoms with Gasteiger partial charge in [-0.25, -0.2) is 0 Å². The molecule has 0 spiro atoms. The summed E-state index contributed by atoms with van der Waals surface area (Å²) in [7, 11) is 0. The number of amides is 1. The number of fused-ring (bicyclic) bond motifs is 1. The summed E-state index contributed by atoms with van der Waals surface area (Å²) in [6.45, 7) is 9.45. The summed E-state index contributed by atoms with van der Waals surface area (Å²) in [5, 5.41) is 3.21. The number of ether oxygens (including phenoxy) is 2. The van der Waals surface area contributed by atoms with Crippen molar-refractivity contribution < 1.29 is 19.1 Å². The van der Waals surface area contributed by atoms with Gasteiger partial charge in [-0.2, -0.15) is 0 Å². The highest BCUT2D eigenvalue weighted by Crippen LogP contribution is 2.38. The Hall–Kier alpha value is -2.34. The van der Waals surface area contributed by atoms with Gasteiger partial charge in [-0.1, -0.05) is 32.3 Å². The van der Waals surface area contributed by atoms with Gasteiger partial charge in [-0.05, 0) is 57.2 Å². The largest absolute Gasteiger partial charge is 0.493 e. The van der Waals surface area contributed by atoms with Crippen LogP contribution in [0.3, 0.4) is 0 Å². The summed E-state index contributed by atoms with van der Waals surface area (Å²) >= 11 is 0. The van der Waals surface area contributed by atoms with Gasteiger partial charge in [0.25, 0.3) is 0 Å². The van der Waals surface area contributed by atoms with Crippen LogP contribution in [0, 0.1) is 0 Å². The number of piperidine rings is 1. The van der Waals surface area contributed by atoms with Gasteiger partial charge in [0.2, 0.25) is 11.7 Å². The van der Waals surface area contributed by atoms with E-state index < -0.39 is 0 Å². The van der Waals surface area contributed by atoms with Crippen molar-refractivity contribution in [3.63, 3.8) is 0 Å². The number of rotatable bonds is 11. The number of allylic oxidation sites excluding steroid dienone is 2. The van der Waals surface area contributed by atoms with Gasteiger partial charge in [0.1, 0.15) is 17.1 Å². The van der Waals surface area contributed by atoms with Crippen LogP contribution in [0.15, 0.2) is 29.5 Å². The molecule has 0 bridgehead atoms. The Balaban J connectivity index is 1.35. The molecule has 6 nitrogen and oxygen atoms in total. The molecule has 1 saturated heterocycles. The molecule has 0 radical (unpaired) electrons. The number of nitrogens with one attached hydrogen (secondary N) is 1. The lowest BCUT2D eigenvalue weighted by atomic mass is 10.0. The van der Waals surface area contributed by atoms with E-state index in [-0.39, 0.29) is 11.7 Å². The molecule has 0 saturated carbocycles. The van der Waals surface area contributed by atoms with Crippen LogP contribution in [-0.2, 0) is 4.79 Å². The Labute approximate surface area is 192 Å². The Kier molecular flexibility index (Phi) is 9.15. The molecular formula is C26H38N2O4. The first-order valence-corrected chi connectivity index (χ1v) is 12.2. The molecule has 0 aliphatic carbocycles. The van der Waals surface area contributed by atoms with Crippen molar-refractivity contribution in [3.8, 4) is 11.5 Å². The zero-order valence-corrected chi connectivity index (χ0v) is 19.9. The van der Waals surface area contributed by atoms with Crippen molar-refractivity contribution in [3.05, 3.63) is 35.1 Å². The van der Waals surface area contributed by atoms with Gasteiger partial charge in [-0.15, -0.1) is 0 Å². The van der Waals surface area contributed by atoms with Gasteiger partial charge >= 0.3 is 0 Å². The van der Waals surface area contributed by atoms with Gasteiger partial charge in [0.15, 0.2) is 5.76 Å². The second-order valence-electron chi connectivity index (χ2n) is 9.09. The number of benzene rings is 1. The third-order valence-corrected chi connectivity index (χ3v) is 6.17. The molecule has 1 aromatic rings. The number of Topliss-reactive ketones (excluding diaryl/α,β-unsaturated/α-hetero) is 1. The lowest BCUT2D eigenvalue weighted by Gasteiger charge is -2.32. The van der Waals surface area contributed by atoms with Crippen LogP contribution in [0.5, 0.6) is 11.5 Å². The smallest absolute Gasteiger partial charge is 0.235 e. The molecule has 1 N–H and O–H groups in total. The summed E-state index contributed by atoms with van der Waals surface area (Å²) in [6, 6.07) is 5.82. The van der Waals surface area contributed by atoms with Crippen molar-refractivity contribution in [1.29, 1.82) is 0 Å². The van der Waals surface area contributed by atoms with E-state index in [0.717, 1.165) is 57.3 Å². The average molecular weight is 443 g/mol. The van der Waals surface area contributed by atoms with E-state index in [1.54, 1.807) is 0 Å². The summed E-state index contributed by atoms with van der Waals surface area (Å²) in [4.78, 5) is 27.1. The highest BCUT2D eigenvalue weighted by molar-refractivity contribution is 6.14. The van der Waals surface area contributed by atoms with Crippen LogP contribution in [0.1, 0.15) is 82.5 Å². The van der Waals surface area contributed by atoms with Crippen molar-refractivity contribution in [2.75, 3.05) is 26.2 Å². The number of carbonyl (C=O) groups is 2. The maximum atomic E-state index is 12.6. The van der Waals surface area contributed by atoms with E-state index in [9.17, 15) is 9.59 Å². The van der Waals surface area contributed by atoms with Crippen molar-refractivity contribution in [2.24, 2.45) is 0 Å². The monoisotopic (exact) mass is 442 g/mol. The molecule has 176 valence electrons. The van der Waals surface area contributed by atoms with Crippen molar-refractivity contribution in [1.82, 2.24) is 10.2 Å². The van der Waals surface area contributed by atoms with Crippen LogP contribution in [-0.4, -0.2) is 48.9 Å². The lowest BCUT2D eigenvalue weighted by Crippen LogP contribution is -2.44. The highest BCUT2D eigenvalue weighted by Gasteiger charge is 2.31. The van der Waals surface area contributed by atoms with Crippen LogP contribution in [0.25, 0.3) is 0 Å². The molecule has 2 heterocycles. The zero-order valence-electron chi connectivity index (χ0n) is 19.9. The molecule has 6 heteroatoms. The van der Waals surface area contributed by atoms with E-state index in [2.05, 4.69) is 17.1 Å². The van der Waals surface area contributed by atoms with Crippen molar-refractivity contribution in [2.45, 2.75) is 78.2 Å². The van der Waals surface area contributed by atoms with Crippen LogP contribution >= 0.6 is 0 Å². The molecule has 2 aliphatic rings. The Morgan fingerprint density at radius 3 is 2.66 bits per heavy atom. The number of likely N-dealkylation sites (tertiary alicyclic amines) is 1. The van der Waals surface area contributed by atoms with Crippen LogP contribution < -0.4 is 14.8 Å². The maximum absolute atomic E-state index is 12.6. The van der Waals surface area contributed by atoms with E-state index >= 15 is 0 Å². The van der Waals surface area contributed by atoms with Gasteiger partial charge in [0.05, 0.1) is 6.61 Å². The first-order chi connectivity index (χ1) is 15.5. The van der Waals surface area contributed by atoms with Gasteiger partial charge in [-0.3, -0.25) is 9.59 Å². The second-order valence-corrected chi connectivity index (χ2v) is 9.09. The fraction of sp³-hybridized carbons (Fsp3) is 0.615. The Morgan fingerprint density at radius 1 is 1.16 bits per heavy atom. The first-order valence-electron chi connectivity index (χ1n) is 12.2. The third kappa shape index (κ3) is 6.58. The summed E-state index contributed by atoms with van der Waals surface area (Å²) < 4.78 is 11.7. The quantitative estimate of drug-likeness (QED) is 0.391. The molecule has 0 atom stereocenters. The number of nitrogens with zero attached hydrogens (tertiary/aromatic N) is 1. The standard InChI is InChI=1S/C26H38N2O4/c1-4-5-6-7-12-23(29)27-20-13-16-28(17-14-20)15-9-18-31-21-10-8-11-22-24(21)25(30)26(32-22)19(2)3/h8,10-11,20H,4-7,9,12-18H2,1-3H3,(H,27,29). The Bertz CT molecular complexity index is 821. The zero-order chi connectivity index (χ0) is 22.9. The lowest BCUT2D eigenvalue weighted by molar-refractivity contribution is -0.122. The molecule has 3 rings (SSSR count). The highest BCUT2D eigenvalue weighted by atomic mass is 16.5. The van der Waals surface area contributed by atoms with E-state index in [1.165, 1.54) is 12.8 Å². The molecule has 0 aromatic heterocycles.